The van der Waals surface area contributed by atoms with Crippen molar-refractivity contribution in [2.75, 3.05) is 13.7 Å². The van der Waals surface area contributed by atoms with Crippen LogP contribution in [0.2, 0.25) is 5.02 Å². The van der Waals surface area contributed by atoms with Gasteiger partial charge in [0, 0.05) is 17.1 Å². The molecule has 0 radical (unpaired) electrons. The number of hydrogen-bond acceptors (Lipinski definition) is 6. The first-order valence-corrected chi connectivity index (χ1v) is 12.0. The predicted molar refractivity (Wildman–Crippen MR) is 131 cm³/mol. The molecule has 0 spiro atoms. The Hall–Kier alpha value is -3.40. The minimum Gasteiger partial charge on any atom is -0.504 e. The van der Waals surface area contributed by atoms with E-state index in [0.29, 0.717) is 10.6 Å². The molecule has 0 heterocycles. The van der Waals surface area contributed by atoms with Crippen molar-refractivity contribution in [3.63, 3.8) is 0 Å². The second-order valence-electron chi connectivity index (χ2n) is 7.41. The van der Waals surface area contributed by atoms with Crippen molar-refractivity contribution in [1.29, 1.82) is 0 Å². The molecule has 0 bridgehead atoms. The number of phenols is 1. The highest BCUT2D eigenvalue weighted by atomic mass is 35.5. The van der Waals surface area contributed by atoms with Gasteiger partial charge in [-0.1, -0.05) is 47.5 Å². The highest BCUT2D eigenvalue weighted by molar-refractivity contribution is 7.89. The van der Waals surface area contributed by atoms with Gasteiger partial charge in [0.2, 0.25) is 10.0 Å². The van der Waals surface area contributed by atoms with Gasteiger partial charge >= 0.3 is 0 Å². The number of aromatic hydroxyl groups is 1. The van der Waals surface area contributed by atoms with Crippen molar-refractivity contribution in [3.8, 4) is 11.5 Å². The number of halogens is 1. The third kappa shape index (κ3) is 6.34. The lowest BCUT2D eigenvalue weighted by Crippen LogP contribution is -2.39. The number of para-hydroxylation sites is 1. The summed E-state index contributed by atoms with van der Waals surface area (Å²) in [6.45, 7) is 1.41. The topological polar surface area (TPSA) is 108 Å². The van der Waals surface area contributed by atoms with Crippen LogP contribution in [0, 0.1) is 6.92 Å². The van der Waals surface area contributed by atoms with Crippen molar-refractivity contribution < 1.29 is 23.1 Å². The number of nitrogens with zero attached hydrogens (tertiary/aromatic N) is 2. The summed E-state index contributed by atoms with van der Waals surface area (Å²) < 4.78 is 32.7. The van der Waals surface area contributed by atoms with Gasteiger partial charge in [-0.2, -0.15) is 9.41 Å². The molecule has 3 aromatic rings. The zero-order chi connectivity index (χ0) is 24.7. The van der Waals surface area contributed by atoms with E-state index in [-0.39, 0.29) is 22.9 Å². The van der Waals surface area contributed by atoms with Gasteiger partial charge in [0.15, 0.2) is 11.5 Å². The Morgan fingerprint density at radius 2 is 1.85 bits per heavy atom. The minimum absolute atomic E-state index is 0.0134. The highest BCUT2D eigenvalue weighted by Crippen LogP contribution is 2.28. The van der Waals surface area contributed by atoms with Crippen LogP contribution in [0.5, 0.6) is 11.5 Å². The summed E-state index contributed by atoms with van der Waals surface area (Å²) in [5.41, 5.74) is 4.33. The maximum absolute atomic E-state index is 13.3. The largest absolute Gasteiger partial charge is 0.504 e. The molecule has 0 saturated carbocycles. The molecule has 1 amide bonds. The molecule has 2 N–H and O–H groups in total. The van der Waals surface area contributed by atoms with Gasteiger partial charge in [0.05, 0.1) is 24.8 Å². The van der Waals surface area contributed by atoms with Gasteiger partial charge in [0.1, 0.15) is 0 Å². The van der Waals surface area contributed by atoms with Crippen LogP contribution >= 0.6 is 11.6 Å². The summed E-state index contributed by atoms with van der Waals surface area (Å²) in [4.78, 5) is 12.6. The summed E-state index contributed by atoms with van der Waals surface area (Å²) in [7, 11) is -2.59. The van der Waals surface area contributed by atoms with E-state index in [2.05, 4.69) is 10.5 Å². The van der Waals surface area contributed by atoms with Gasteiger partial charge < -0.3 is 9.84 Å². The molecule has 178 valence electrons. The molecule has 0 unspecified atom stereocenters. The van der Waals surface area contributed by atoms with E-state index in [0.717, 1.165) is 15.4 Å². The van der Waals surface area contributed by atoms with Gasteiger partial charge in [0.25, 0.3) is 5.91 Å². The number of carbonyl (C=O) groups is 1. The van der Waals surface area contributed by atoms with E-state index in [1.807, 2.05) is 25.1 Å². The number of sulfonamides is 1. The number of carbonyl (C=O) groups excluding carboxylic acids is 1. The summed E-state index contributed by atoms with van der Waals surface area (Å²) >= 11 is 5.90. The van der Waals surface area contributed by atoms with Crippen LogP contribution in [-0.2, 0) is 21.4 Å². The maximum Gasteiger partial charge on any atom is 0.255 e. The highest BCUT2D eigenvalue weighted by Gasteiger charge is 2.27. The Morgan fingerprint density at radius 1 is 1.15 bits per heavy atom. The molecule has 3 rings (SSSR count). The molecule has 0 aliphatic heterocycles. The monoisotopic (exact) mass is 501 g/mol. The second-order valence-corrected chi connectivity index (χ2v) is 9.78. The number of nitrogens with one attached hydrogen (secondary N) is 1. The first-order valence-electron chi connectivity index (χ1n) is 10.2. The fourth-order valence-electron chi connectivity index (χ4n) is 3.17. The number of ether oxygens (including phenoxy) is 1. The Labute approximate surface area is 203 Å². The molecule has 8 nitrogen and oxygen atoms in total. The van der Waals surface area contributed by atoms with E-state index in [1.165, 1.54) is 37.6 Å². The first kappa shape index (κ1) is 25.2. The molecule has 0 aliphatic rings. The lowest BCUT2D eigenvalue weighted by molar-refractivity contribution is -0.121. The average molecular weight is 502 g/mol. The summed E-state index contributed by atoms with van der Waals surface area (Å²) in [5.74, 6) is -0.521. The number of hydrogen-bond donors (Lipinski definition) is 2. The van der Waals surface area contributed by atoms with Crippen molar-refractivity contribution in [1.82, 2.24) is 9.73 Å². The molecular weight excluding hydrogens is 478 g/mol. The smallest absolute Gasteiger partial charge is 0.255 e. The van der Waals surface area contributed by atoms with E-state index in [1.54, 1.807) is 24.3 Å². The van der Waals surface area contributed by atoms with Crippen LogP contribution in [0.15, 0.2) is 76.7 Å². The quantitative estimate of drug-likeness (QED) is 0.343. The molecule has 0 atom stereocenters. The summed E-state index contributed by atoms with van der Waals surface area (Å²) in [6.07, 6.45) is 1.24. The normalized spacial score (nSPS) is 11.6. The van der Waals surface area contributed by atoms with Crippen molar-refractivity contribution >= 4 is 33.7 Å². The molecule has 0 aromatic heterocycles. The lowest BCUT2D eigenvalue weighted by Gasteiger charge is -2.21. The van der Waals surface area contributed by atoms with Gasteiger partial charge in [-0.15, -0.1) is 0 Å². The number of rotatable bonds is 9. The van der Waals surface area contributed by atoms with E-state index < -0.39 is 22.5 Å². The Balaban J connectivity index is 1.80. The zero-order valence-electron chi connectivity index (χ0n) is 18.6. The Bertz CT molecular complexity index is 1290. The van der Waals surface area contributed by atoms with Gasteiger partial charge in [-0.3, -0.25) is 4.79 Å². The Kier molecular flexibility index (Phi) is 8.27. The SMILES string of the molecule is COc1cccc(/C=N\NC(=O)CN(Cc2cccc(C)c2)S(=O)(=O)c2ccc(Cl)cc2)c1O. The van der Waals surface area contributed by atoms with E-state index >= 15 is 0 Å². The van der Waals surface area contributed by atoms with Crippen LogP contribution in [0.4, 0.5) is 0 Å². The summed E-state index contributed by atoms with van der Waals surface area (Å²) in [5, 5.41) is 14.4. The van der Waals surface area contributed by atoms with Crippen LogP contribution in [0.3, 0.4) is 0 Å². The molecular formula is C24H24ClN3O5S. The van der Waals surface area contributed by atoms with Crippen LogP contribution in [-0.4, -0.2) is 43.6 Å². The van der Waals surface area contributed by atoms with Crippen LogP contribution in [0.25, 0.3) is 0 Å². The number of amides is 1. The van der Waals surface area contributed by atoms with Crippen molar-refractivity contribution in [3.05, 3.63) is 88.4 Å². The summed E-state index contributed by atoms with van der Waals surface area (Å²) in [6, 6.07) is 17.9. The van der Waals surface area contributed by atoms with Gasteiger partial charge in [-0.05, 0) is 48.9 Å². The predicted octanol–water partition coefficient (Wildman–Crippen LogP) is 3.70. The number of aryl methyl sites for hydroxylation is 1. The number of hydrazone groups is 1. The van der Waals surface area contributed by atoms with Crippen molar-refractivity contribution in [2.24, 2.45) is 5.10 Å². The molecule has 10 heteroatoms. The number of benzene rings is 3. The van der Waals surface area contributed by atoms with Crippen LogP contribution in [0.1, 0.15) is 16.7 Å². The first-order chi connectivity index (χ1) is 16.2. The average Bonchev–Trinajstić information content (AvgIpc) is 2.80. The maximum atomic E-state index is 13.3. The standard InChI is InChI=1S/C24H24ClN3O5S/c1-17-5-3-6-18(13-17)15-28(34(31,32)21-11-9-20(25)10-12-21)16-23(29)27-26-14-19-7-4-8-22(33-2)24(19)30/h3-14,30H,15-16H2,1-2H3,(H,27,29)/b26-14-. The zero-order valence-corrected chi connectivity index (χ0v) is 20.2. The fourth-order valence-corrected chi connectivity index (χ4v) is 4.68. The lowest BCUT2D eigenvalue weighted by atomic mass is 10.1. The minimum atomic E-state index is -4.01. The molecule has 0 fully saturated rings. The fraction of sp³-hybridized carbons (Fsp3) is 0.167. The number of methoxy groups -OCH3 is 1. The van der Waals surface area contributed by atoms with E-state index in [4.69, 9.17) is 16.3 Å². The van der Waals surface area contributed by atoms with Crippen molar-refractivity contribution in [2.45, 2.75) is 18.4 Å². The van der Waals surface area contributed by atoms with E-state index in [9.17, 15) is 18.3 Å². The van der Waals surface area contributed by atoms with Crippen LogP contribution < -0.4 is 10.2 Å². The molecule has 0 aliphatic carbocycles. The molecule has 0 saturated heterocycles. The third-order valence-corrected chi connectivity index (χ3v) is 6.91. The number of phenolic OH excluding ortho intramolecular Hbond substituents is 1. The third-order valence-electron chi connectivity index (χ3n) is 4.86. The Morgan fingerprint density at radius 3 is 2.53 bits per heavy atom. The molecule has 3 aromatic carbocycles. The molecule has 34 heavy (non-hydrogen) atoms. The van der Waals surface area contributed by atoms with Gasteiger partial charge in [-0.25, -0.2) is 13.8 Å². The second kappa shape index (κ2) is 11.1.